The fourth-order valence-corrected chi connectivity index (χ4v) is 3.54. The summed E-state index contributed by atoms with van der Waals surface area (Å²) in [6.07, 6.45) is 4.95. The van der Waals surface area contributed by atoms with Gasteiger partial charge >= 0.3 is 5.97 Å². The summed E-state index contributed by atoms with van der Waals surface area (Å²) in [5.74, 6) is -1.09. The molecule has 0 fully saturated rings. The Hall–Kier alpha value is -2.93. The van der Waals surface area contributed by atoms with Gasteiger partial charge in [0, 0.05) is 12.7 Å². The van der Waals surface area contributed by atoms with Crippen molar-refractivity contribution in [3.63, 3.8) is 0 Å². The van der Waals surface area contributed by atoms with E-state index in [0.29, 0.717) is 24.3 Å². The van der Waals surface area contributed by atoms with Crippen LogP contribution in [0.15, 0.2) is 70.3 Å². The van der Waals surface area contributed by atoms with Crippen molar-refractivity contribution in [2.24, 2.45) is 0 Å². The standard InChI is InChI=1S/C20H19NO5S/c1-27(24,25)17-7-5-14(6-8-17)15-3-2-4-16(13-15)18(20(22)23)9-10-19-21-11-12-26-19/h2-8,11-13,18H,9-10H2,1H3,(H,22,23). The maximum absolute atomic E-state index is 11.7. The van der Waals surface area contributed by atoms with E-state index in [9.17, 15) is 18.3 Å². The summed E-state index contributed by atoms with van der Waals surface area (Å²) >= 11 is 0. The summed E-state index contributed by atoms with van der Waals surface area (Å²) in [6.45, 7) is 0. The number of hydrogen-bond acceptors (Lipinski definition) is 5. The Kier molecular flexibility index (Phi) is 5.41. The summed E-state index contributed by atoms with van der Waals surface area (Å²) in [7, 11) is -3.26. The van der Waals surface area contributed by atoms with Gasteiger partial charge in [-0.3, -0.25) is 4.79 Å². The highest BCUT2D eigenvalue weighted by molar-refractivity contribution is 7.90. The van der Waals surface area contributed by atoms with E-state index in [4.69, 9.17) is 4.42 Å². The highest BCUT2D eigenvalue weighted by Crippen LogP contribution is 2.28. The van der Waals surface area contributed by atoms with Crippen LogP contribution in [0.1, 0.15) is 23.8 Å². The first kappa shape index (κ1) is 18.8. The minimum Gasteiger partial charge on any atom is -0.481 e. The van der Waals surface area contributed by atoms with E-state index in [2.05, 4.69) is 4.98 Å². The fourth-order valence-electron chi connectivity index (χ4n) is 2.91. The van der Waals surface area contributed by atoms with Crippen molar-refractivity contribution in [2.45, 2.75) is 23.7 Å². The van der Waals surface area contributed by atoms with Gasteiger partial charge in [0.25, 0.3) is 0 Å². The molecule has 0 amide bonds. The number of aryl methyl sites for hydroxylation is 1. The van der Waals surface area contributed by atoms with Crippen LogP contribution in [0.5, 0.6) is 0 Å². The second kappa shape index (κ2) is 7.75. The Labute approximate surface area is 157 Å². The summed E-state index contributed by atoms with van der Waals surface area (Å²) in [4.78, 5) is 16.0. The summed E-state index contributed by atoms with van der Waals surface area (Å²) in [6, 6.07) is 13.8. The maximum Gasteiger partial charge on any atom is 0.310 e. The topological polar surface area (TPSA) is 97.5 Å². The number of rotatable bonds is 7. The van der Waals surface area contributed by atoms with Crippen LogP contribution in [-0.4, -0.2) is 30.7 Å². The number of nitrogens with zero attached hydrogens (tertiary/aromatic N) is 1. The third kappa shape index (κ3) is 4.62. The zero-order valence-corrected chi connectivity index (χ0v) is 15.5. The second-order valence-electron chi connectivity index (χ2n) is 6.28. The van der Waals surface area contributed by atoms with Crippen LogP contribution in [0.4, 0.5) is 0 Å². The van der Waals surface area contributed by atoms with Gasteiger partial charge in [0.1, 0.15) is 6.26 Å². The van der Waals surface area contributed by atoms with Gasteiger partial charge in [-0.25, -0.2) is 13.4 Å². The molecule has 0 aliphatic rings. The number of aliphatic carboxylic acids is 1. The summed E-state index contributed by atoms with van der Waals surface area (Å²) < 4.78 is 28.4. The Morgan fingerprint density at radius 2 is 1.89 bits per heavy atom. The molecule has 1 N–H and O–H groups in total. The molecule has 1 aromatic heterocycles. The number of carboxylic acid groups (broad SMARTS) is 1. The van der Waals surface area contributed by atoms with Crippen LogP contribution in [0.2, 0.25) is 0 Å². The van der Waals surface area contributed by atoms with Gasteiger partial charge in [-0.15, -0.1) is 0 Å². The van der Waals surface area contributed by atoms with Crippen LogP contribution in [0.3, 0.4) is 0 Å². The van der Waals surface area contributed by atoms with E-state index in [1.54, 1.807) is 36.4 Å². The molecule has 1 unspecified atom stereocenters. The maximum atomic E-state index is 11.7. The molecule has 0 saturated carbocycles. The number of carbonyl (C=O) groups is 1. The average molecular weight is 385 g/mol. The molecule has 3 rings (SSSR count). The number of sulfone groups is 1. The normalized spacial score (nSPS) is 12.6. The molecule has 0 spiro atoms. The average Bonchev–Trinajstić information content (AvgIpc) is 3.15. The molecular weight excluding hydrogens is 366 g/mol. The van der Waals surface area contributed by atoms with Crippen molar-refractivity contribution >= 4 is 15.8 Å². The molecule has 0 aliphatic heterocycles. The Morgan fingerprint density at radius 3 is 2.48 bits per heavy atom. The quantitative estimate of drug-likeness (QED) is 0.668. The van der Waals surface area contributed by atoms with Crippen LogP contribution in [-0.2, 0) is 21.1 Å². The van der Waals surface area contributed by atoms with Crippen LogP contribution in [0, 0.1) is 0 Å². The van der Waals surface area contributed by atoms with Gasteiger partial charge in [-0.05, 0) is 35.2 Å². The number of hydrogen-bond donors (Lipinski definition) is 1. The molecule has 1 heterocycles. The summed E-state index contributed by atoms with van der Waals surface area (Å²) in [5.41, 5.74) is 2.33. The lowest BCUT2D eigenvalue weighted by atomic mass is 9.91. The Balaban J connectivity index is 1.85. The van der Waals surface area contributed by atoms with Crippen molar-refractivity contribution in [1.29, 1.82) is 0 Å². The Morgan fingerprint density at radius 1 is 1.15 bits per heavy atom. The lowest BCUT2D eigenvalue weighted by Crippen LogP contribution is -2.13. The second-order valence-corrected chi connectivity index (χ2v) is 8.29. The van der Waals surface area contributed by atoms with E-state index in [0.717, 1.165) is 17.4 Å². The van der Waals surface area contributed by atoms with E-state index in [-0.39, 0.29) is 4.90 Å². The summed E-state index contributed by atoms with van der Waals surface area (Å²) in [5, 5.41) is 9.62. The molecule has 7 heteroatoms. The molecular formula is C20H19NO5S. The van der Waals surface area contributed by atoms with Crippen molar-refractivity contribution in [3.8, 4) is 11.1 Å². The Bertz CT molecular complexity index is 1020. The van der Waals surface area contributed by atoms with E-state index >= 15 is 0 Å². The number of benzene rings is 2. The molecule has 0 aliphatic carbocycles. The van der Waals surface area contributed by atoms with Gasteiger partial charge in [0.05, 0.1) is 17.0 Å². The molecule has 3 aromatic rings. The highest BCUT2D eigenvalue weighted by Gasteiger charge is 2.21. The first-order valence-electron chi connectivity index (χ1n) is 8.36. The lowest BCUT2D eigenvalue weighted by Gasteiger charge is -2.13. The lowest BCUT2D eigenvalue weighted by molar-refractivity contribution is -0.139. The van der Waals surface area contributed by atoms with Crippen LogP contribution < -0.4 is 0 Å². The molecule has 6 nitrogen and oxygen atoms in total. The van der Waals surface area contributed by atoms with Crippen LogP contribution in [0.25, 0.3) is 11.1 Å². The molecule has 0 radical (unpaired) electrons. The number of oxazole rings is 1. The smallest absolute Gasteiger partial charge is 0.310 e. The van der Waals surface area contributed by atoms with Gasteiger partial charge < -0.3 is 9.52 Å². The molecule has 1 atom stereocenters. The zero-order valence-electron chi connectivity index (χ0n) is 14.7. The first-order chi connectivity index (χ1) is 12.8. The monoisotopic (exact) mass is 385 g/mol. The number of carboxylic acids is 1. The molecule has 0 saturated heterocycles. The predicted octanol–water partition coefficient (Wildman–Crippen LogP) is 3.55. The third-order valence-corrected chi connectivity index (χ3v) is 5.46. The van der Waals surface area contributed by atoms with Gasteiger partial charge in [-0.1, -0.05) is 36.4 Å². The van der Waals surface area contributed by atoms with Crippen LogP contribution >= 0.6 is 0 Å². The van der Waals surface area contributed by atoms with Gasteiger partial charge in [-0.2, -0.15) is 0 Å². The first-order valence-corrected chi connectivity index (χ1v) is 10.3. The number of aromatic nitrogens is 1. The van der Waals surface area contributed by atoms with Crippen molar-refractivity contribution < 1.29 is 22.7 Å². The largest absolute Gasteiger partial charge is 0.481 e. The third-order valence-electron chi connectivity index (χ3n) is 4.33. The molecule has 140 valence electrons. The predicted molar refractivity (Wildman–Crippen MR) is 100 cm³/mol. The van der Waals surface area contributed by atoms with Crippen molar-refractivity contribution in [3.05, 3.63) is 72.4 Å². The minimum absolute atomic E-state index is 0.247. The molecule has 27 heavy (non-hydrogen) atoms. The van der Waals surface area contributed by atoms with E-state index in [1.807, 2.05) is 12.1 Å². The van der Waals surface area contributed by atoms with Crippen molar-refractivity contribution in [2.75, 3.05) is 6.26 Å². The SMILES string of the molecule is CS(=O)(=O)c1ccc(-c2cccc(C(CCc3ncco3)C(=O)O)c2)cc1. The highest BCUT2D eigenvalue weighted by atomic mass is 32.2. The zero-order chi connectivity index (χ0) is 19.4. The van der Waals surface area contributed by atoms with Gasteiger partial charge in [0.15, 0.2) is 15.7 Å². The van der Waals surface area contributed by atoms with E-state index < -0.39 is 21.7 Å². The minimum atomic E-state index is -3.26. The van der Waals surface area contributed by atoms with E-state index in [1.165, 1.54) is 12.5 Å². The fraction of sp³-hybridized carbons (Fsp3) is 0.200. The van der Waals surface area contributed by atoms with Crippen molar-refractivity contribution in [1.82, 2.24) is 4.98 Å². The molecule has 2 aromatic carbocycles. The molecule has 0 bridgehead atoms. The van der Waals surface area contributed by atoms with Gasteiger partial charge in [0.2, 0.25) is 0 Å².